The molecule has 1 N–H and O–H groups in total. The largest absolute Gasteiger partial charge is 0.390 e. The minimum atomic E-state index is -0.00553. The standard InChI is InChI=1S/C7H11BrN2O/c1-3-6-9-5(4-11)7(8)10(6)2/h11H,3-4H2,1-2H3. The van der Waals surface area contributed by atoms with Crippen LogP contribution in [0.5, 0.6) is 0 Å². The molecule has 0 unspecified atom stereocenters. The van der Waals surface area contributed by atoms with Gasteiger partial charge in [0.1, 0.15) is 10.4 Å². The summed E-state index contributed by atoms with van der Waals surface area (Å²) in [6.07, 6.45) is 0.884. The van der Waals surface area contributed by atoms with Crippen LogP contribution in [0.2, 0.25) is 0 Å². The van der Waals surface area contributed by atoms with E-state index < -0.39 is 0 Å². The molecule has 0 spiro atoms. The van der Waals surface area contributed by atoms with Gasteiger partial charge in [-0.15, -0.1) is 0 Å². The van der Waals surface area contributed by atoms with Gasteiger partial charge in [0.15, 0.2) is 0 Å². The van der Waals surface area contributed by atoms with Gasteiger partial charge in [-0.3, -0.25) is 0 Å². The number of aromatic nitrogens is 2. The van der Waals surface area contributed by atoms with Crippen molar-refractivity contribution in [2.45, 2.75) is 20.0 Å². The second kappa shape index (κ2) is 3.36. The van der Waals surface area contributed by atoms with E-state index in [0.717, 1.165) is 16.8 Å². The van der Waals surface area contributed by atoms with Crippen LogP contribution in [0.1, 0.15) is 18.4 Å². The van der Waals surface area contributed by atoms with E-state index in [2.05, 4.69) is 20.9 Å². The summed E-state index contributed by atoms with van der Waals surface area (Å²) in [5.74, 6) is 0.987. The number of hydrogen-bond donors (Lipinski definition) is 1. The lowest BCUT2D eigenvalue weighted by Crippen LogP contribution is -1.94. The van der Waals surface area contributed by atoms with E-state index in [1.165, 1.54) is 0 Å². The lowest BCUT2D eigenvalue weighted by atomic mass is 10.5. The molecular formula is C7H11BrN2O. The molecule has 11 heavy (non-hydrogen) atoms. The van der Waals surface area contributed by atoms with Gasteiger partial charge in [-0.05, 0) is 15.9 Å². The Morgan fingerprint density at radius 3 is 2.55 bits per heavy atom. The van der Waals surface area contributed by atoms with Crippen molar-refractivity contribution in [3.63, 3.8) is 0 Å². The zero-order valence-electron chi connectivity index (χ0n) is 6.63. The highest BCUT2D eigenvalue weighted by molar-refractivity contribution is 9.10. The van der Waals surface area contributed by atoms with Crippen molar-refractivity contribution >= 4 is 15.9 Å². The van der Waals surface area contributed by atoms with E-state index in [4.69, 9.17) is 5.11 Å². The second-order valence-electron chi connectivity index (χ2n) is 2.34. The normalized spacial score (nSPS) is 10.5. The van der Waals surface area contributed by atoms with Crippen LogP contribution in [-0.2, 0) is 20.1 Å². The van der Waals surface area contributed by atoms with Gasteiger partial charge in [0.2, 0.25) is 0 Å². The zero-order chi connectivity index (χ0) is 8.43. The Balaban J connectivity index is 3.12. The number of halogens is 1. The number of aliphatic hydroxyl groups excluding tert-OH is 1. The zero-order valence-corrected chi connectivity index (χ0v) is 8.22. The molecule has 0 saturated carbocycles. The third kappa shape index (κ3) is 1.46. The third-order valence-corrected chi connectivity index (χ3v) is 2.64. The quantitative estimate of drug-likeness (QED) is 0.812. The Bertz CT molecular complexity index is 233. The molecule has 3 nitrogen and oxygen atoms in total. The van der Waals surface area contributed by atoms with Gasteiger partial charge in [0.05, 0.1) is 12.3 Å². The summed E-state index contributed by atoms with van der Waals surface area (Å²) in [6, 6.07) is 0. The number of hydrogen-bond acceptors (Lipinski definition) is 2. The topological polar surface area (TPSA) is 38.1 Å². The van der Waals surface area contributed by atoms with Gasteiger partial charge in [-0.1, -0.05) is 6.92 Å². The molecule has 0 fully saturated rings. The number of nitrogens with zero attached hydrogens (tertiary/aromatic N) is 2. The van der Waals surface area contributed by atoms with Crippen LogP contribution in [0.15, 0.2) is 4.60 Å². The van der Waals surface area contributed by atoms with Gasteiger partial charge >= 0.3 is 0 Å². The fraction of sp³-hybridized carbons (Fsp3) is 0.571. The van der Waals surface area contributed by atoms with Crippen molar-refractivity contribution in [2.24, 2.45) is 7.05 Å². The van der Waals surface area contributed by atoms with Gasteiger partial charge in [-0.25, -0.2) is 4.98 Å². The van der Waals surface area contributed by atoms with Gasteiger partial charge in [0.25, 0.3) is 0 Å². The van der Waals surface area contributed by atoms with E-state index >= 15 is 0 Å². The fourth-order valence-corrected chi connectivity index (χ4v) is 1.42. The van der Waals surface area contributed by atoms with Crippen LogP contribution in [-0.4, -0.2) is 14.7 Å². The third-order valence-electron chi connectivity index (χ3n) is 1.65. The van der Waals surface area contributed by atoms with Crippen LogP contribution >= 0.6 is 15.9 Å². The van der Waals surface area contributed by atoms with Crippen molar-refractivity contribution in [1.82, 2.24) is 9.55 Å². The summed E-state index contributed by atoms with van der Waals surface area (Å²) < 4.78 is 2.81. The maximum Gasteiger partial charge on any atom is 0.110 e. The molecule has 0 aliphatic rings. The minimum Gasteiger partial charge on any atom is -0.390 e. The number of aliphatic hydroxyl groups is 1. The molecule has 0 aliphatic carbocycles. The molecule has 1 heterocycles. The van der Waals surface area contributed by atoms with E-state index in [9.17, 15) is 0 Å². The van der Waals surface area contributed by atoms with Crippen LogP contribution in [0, 0.1) is 0 Å². The van der Waals surface area contributed by atoms with Gasteiger partial charge < -0.3 is 9.67 Å². The van der Waals surface area contributed by atoms with Gasteiger partial charge in [-0.2, -0.15) is 0 Å². The first-order valence-corrected chi connectivity index (χ1v) is 4.30. The number of imidazole rings is 1. The first-order valence-electron chi connectivity index (χ1n) is 3.51. The lowest BCUT2D eigenvalue weighted by Gasteiger charge is -1.96. The second-order valence-corrected chi connectivity index (χ2v) is 3.09. The first kappa shape index (κ1) is 8.74. The van der Waals surface area contributed by atoms with E-state index in [0.29, 0.717) is 5.69 Å². The van der Waals surface area contributed by atoms with Crippen molar-refractivity contribution in [3.8, 4) is 0 Å². The first-order chi connectivity index (χ1) is 5.20. The highest BCUT2D eigenvalue weighted by atomic mass is 79.9. The molecule has 0 saturated heterocycles. The minimum absolute atomic E-state index is 0.00553. The molecule has 1 rings (SSSR count). The predicted molar refractivity (Wildman–Crippen MR) is 46.2 cm³/mol. The van der Waals surface area contributed by atoms with E-state index in [1.807, 2.05) is 18.5 Å². The molecule has 1 aromatic heterocycles. The van der Waals surface area contributed by atoms with Crippen LogP contribution in [0.3, 0.4) is 0 Å². The fourth-order valence-electron chi connectivity index (χ4n) is 1.00. The number of aryl methyl sites for hydroxylation is 1. The molecule has 0 aromatic carbocycles. The average Bonchev–Trinajstić information content (AvgIpc) is 2.30. The molecule has 62 valence electrons. The summed E-state index contributed by atoms with van der Waals surface area (Å²) >= 11 is 3.34. The molecule has 1 aromatic rings. The smallest absolute Gasteiger partial charge is 0.110 e. The maximum atomic E-state index is 8.85. The van der Waals surface area contributed by atoms with E-state index in [-0.39, 0.29) is 6.61 Å². The Morgan fingerprint density at radius 1 is 1.64 bits per heavy atom. The lowest BCUT2D eigenvalue weighted by molar-refractivity contribution is 0.276. The Morgan fingerprint density at radius 2 is 2.27 bits per heavy atom. The van der Waals surface area contributed by atoms with E-state index in [1.54, 1.807) is 0 Å². The maximum absolute atomic E-state index is 8.85. The Kier molecular flexibility index (Phi) is 2.67. The Labute approximate surface area is 74.2 Å². The highest BCUT2D eigenvalue weighted by Gasteiger charge is 2.08. The van der Waals surface area contributed by atoms with Crippen molar-refractivity contribution in [2.75, 3.05) is 0 Å². The molecule has 4 heteroatoms. The molecule has 0 radical (unpaired) electrons. The molecule has 0 atom stereocenters. The van der Waals surface area contributed by atoms with Crippen molar-refractivity contribution in [1.29, 1.82) is 0 Å². The summed E-state index contributed by atoms with van der Waals surface area (Å²) in [6.45, 7) is 2.03. The molecular weight excluding hydrogens is 208 g/mol. The summed E-state index contributed by atoms with van der Waals surface area (Å²) in [5.41, 5.74) is 0.712. The summed E-state index contributed by atoms with van der Waals surface area (Å²) in [5, 5.41) is 8.85. The van der Waals surface area contributed by atoms with Crippen molar-refractivity contribution in [3.05, 3.63) is 16.1 Å². The summed E-state index contributed by atoms with van der Waals surface area (Å²) in [4.78, 5) is 4.21. The van der Waals surface area contributed by atoms with Crippen LogP contribution < -0.4 is 0 Å². The molecule has 0 amide bonds. The number of rotatable bonds is 2. The van der Waals surface area contributed by atoms with Crippen molar-refractivity contribution < 1.29 is 5.11 Å². The predicted octanol–water partition coefficient (Wildman–Crippen LogP) is 1.24. The highest BCUT2D eigenvalue weighted by Crippen LogP contribution is 2.17. The average molecular weight is 219 g/mol. The summed E-state index contributed by atoms with van der Waals surface area (Å²) in [7, 11) is 1.93. The van der Waals surface area contributed by atoms with Gasteiger partial charge in [0, 0.05) is 13.5 Å². The monoisotopic (exact) mass is 218 g/mol. The SMILES string of the molecule is CCc1nc(CO)c(Br)n1C. The van der Waals surface area contributed by atoms with Crippen LogP contribution in [0.25, 0.3) is 0 Å². The molecule has 0 aliphatic heterocycles. The molecule has 0 bridgehead atoms. The van der Waals surface area contributed by atoms with Crippen LogP contribution in [0.4, 0.5) is 0 Å². The Hall–Kier alpha value is -0.350.